The summed E-state index contributed by atoms with van der Waals surface area (Å²) in [4.78, 5) is 2.34. The maximum absolute atomic E-state index is 13.4. The summed E-state index contributed by atoms with van der Waals surface area (Å²) in [5.41, 5.74) is 4.19. The first kappa shape index (κ1) is 31.0. The van der Waals surface area contributed by atoms with Crippen molar-refractivity contribution in [2.24, 2.45) is 7.05 Å². The zero-order valence-corrected chi connectivity index (χ0v) is 26.7. The largest absolute Gasteiger partial charge is 0.867 e. The van der Waals surface area contributed by atoms with E-state index in [0.29, 0.717) is 34.1 Å². The number of aliphatic hydroxyl groups excluding tert-OH is 1. The molecule has 0 radical (unpaired) electrons. The van der Waals surface area contributed by atoms with E-state index in [1.165, 1.54) is 12.7 Å². The summed E-state index contributed by atoms with van der Waals surface area (Å²) < 4.78 is 31.1. The number of nitrogens with zero attached hydrogens (tertiary/aromatic N) is 2. The lowest BCUT2D eigenvalue weighted by molar-refractivity contribution is -0.670. The van der Waals surface area contributed by atoms with Gasteiger partial charge in [-0.25, -0.2) is 4.57 Å². The van der Waals surface area contributed by atoms with Crippen LogP contribution in [0.15, 0.2) is 79.1 Å². The summed E-state index contributed by atoms with van der Waals surface area (Å²) in [7, 11) is 8.72. The molecule has 0 spiro atoms. The Morgan fingerprint density at radius 1 is 0.826 bits per heavy atom. The third kappa shape index (κ3) is 6.11. The van der Waals surface area contributed by atoms with E-state index in [-0.39, 0.29) is 29.9 Å². The predicted octanol–water partition coefficient (Wildman–Crippen LogP) is 5.61. The zero-order chi connectivity index (χ0) is 32.4. The minimum Gasteiger partial charge on any atom is -0.867 e. The third-order valence-electron chi connectivity index (χ3n) is 8.57. The molecular weight excluding hydrogens is 584 g/mol. The van der Waals surface area contributed by atoms with Crippen LogP contribution in [0.2, 0.25) is 0 Å². The number of aryl methyl sites for hydroxylation is 1. The first-order valence-corrected chi connectivity index (χ1v) is 15.1. The molecule has 0 saturated heterocycles. The summed E-state index contributed by atoms with van der Waals surface area (Å²) in [5, 5.41) is 24.5. The minimum absolute atomic E-state index is 0.0664. The Hall–Kier alpha value is -4.99. The van der Waals surface area contributed by atoms with E-state index in [1.807, 2.05) is 54.3 Å². The second-order valence-electron chi connectivity index (χ2n) is 11.5. The van der Waals surface area contributed by atoms with Crippen molar-refractivity contribution in [1.29, 1.82) is 0 Å². The number of methoxy groups -OCH3 is 3. The minimum atomic E-state index is -0.322. The van der Waals surface area contributed by atoms with Crippen molar-refractivity contribution in [3.05, 3.63) is 101 Å². The van der Waals surface area contributed by atoms with E-state index in [9.17, 15) is 10.2 Å². The number of likely N-dealkylation sites (N-methyl/N-ethyl adjacent to an activating group) is 1. The second-order valence-corrected chi connectivity index (χ2v) is 11.5. The van der Waals surface area contributed by atoms with Crippen molar-refractivity contribution < 1.29 is 38.5 Å². The highest BCUT2D eigenvalue weighted by atomic mass is 16.5. The molecule has 2 heterocycles. The Kier molecular flexibility index (Phi) is 8.87. The van der Waals surface area contributed by atoms with E-state index in [1.54, 1.807) is 38.5 Å². The molecule has 0 saturated carbocycles. The average molecular weight is 623 g/mol. The second kappa shape index (κ2) is 13.2. The van der Waals surface area contributed by atoms with Gasteiger partial charge < -0.3 is 33.9 Å². The van der Waals surface area contributed by atoms with Gasteiger partial charge in [-0.2, -0.15) is 0 Å². The number of aromatic nitrogens is 1. The molecule has 1 aliphatic heterocycles. The normalized spacial score (nSPS) is 14.5. The maximum atomic E-state index is 13.4. The van der Waals surface area contributed by atoms with Crippen LogP contribution in [0.4, 0.5) is 0 Å². The van der Waals surface area contributed by atoms with Crippen LogP contribution in [0.1, 0.15) is 28.3 Å². The Balaban J connectivity index is 1.31. The molecule has 0 fully saturated rings. The van der Waals surface area contributed by atoms with Crippen molar-refractivity contribution in [1.82, 2.24) is 4.90 Å². The van der Waals surface area contributed by atoms with E-state index < -0.39 is 0 Å². The van der Waals surface area contributed by atoms with E-state index in [4.69, 9.17) is 23.7 Å². The highest BCUT2D eigenvalue weighted by molar-refractivity contribution is 5.91. The van der Waals surface area contributed by atoms with Crippen molar-refractivity contribution in [3.8, 4) is 46.0 Å². The maximum Gasteiger partial charge on any atom is 0.180 e. The number of hydrogen-bond acceptors (Lipinski definition) is 8. The van der Waals surface area contributed by atoms with Gasteiger partial charge in [-0.1, -0.05) is 18.2 Å². The number of rotatable bonds is 10. The molecular formula is C37H38N2O7. The molecule has 1 aliphatic rings. The fourth-order valence-electron chi connectivity index (χ4n) is 6.01. The van der Waals surface area contributed by atoms with Crippen molar-refractivity contribution in [2.75, 3.05) is 34.9 Å². The van der Waals surface area contributed by atoms with Crippen molar-refractivity contribution >= 4 is 10.8 Å². The molecule has 1 aromatic heterocycles. The topological polar surface area (TPSA) is 96.6 Å². The molecule has 0 amide bonds. The Bertz CT molecular complexity index is 1870. The van der Waals surface area contributed by atoms with Crippen LogP contribution < -0.4 is 33.4 Å². The van der Waals surface area contributed by atoms with Crippen molar-refractivity contribution in [3.63, 3.8) is 0 Å². The van der Waals surface area contributed by atoms with Gasteiger partial charge >= 0.3 is 0 Å². The molecule has 6 rings (SSSR count). The number of fused-ring (bicyclic) bond motifs is 2. The molecule has 46 heavy (non-hydrogen) atoms. The Labute approximate surface area is 268 Å². The van der Waals surface area contributed by atoms with E-state index in [0.717, 1.165) is 41.5 Å². The summed E-state index contributed by atoms with van der Waals surface area (Å²) in [5.74, 6) is 2.94. The highest BCUT2D eigenvalue weighted by Gasteiger charge is 2.28. The molecule has 1 N–H and O–H groups in total. The molecule has 0 bridgehead atoms. The van der Waals surface area contributed by atoms with Crippen LogP contribution in [0, 0.1) is 0 Å². The fourth-order valence-corrected chi connectivity index (χ4v) is 6.01. The Morgan fingerprint density at radius 2 is 1.54 bits per heavy atom. The third-order valence-corrected chi connectivity index (χ3v) is 8.57. The summed E-state index contributed by atoms with van der Waals surface area (Å²) in [6.45, 7) is 0.812. The number of benzene rings is 4. The summed E-state index contributed by atoms with van der Waals surface area (Å²) in [6, 6.07) is 21.1. The van der Waals surface area contributed by atoms with Crippen molar-refractivity contribution in [2.45, 2.75) is 25.5 Å². The van der Waals surface area contributed by atoms with Gasteiger partial charge in [0.1, 0.15) is 24.3 Å². The summed E-state index contributed by atoms with van der Waals surface area (Å²) >= 11 is 0. The van der Waals surface area contributed by atoms with Crippen LogP contribution in [0.5, 0.6) is 46.0 Å². The van der Waals surface area contributed by atoms with Crippen LogP contribution >= 0.6 is 0 Å². The van der Waals surface area contributed by atoms with Crippen LogP contribution in [0.3, 0.4) is 0 Å². The Morgan fingerprint density at radius 3 is 2.26 bits per heavy atom. The molecule has 238 valence electrons. The molecule has 9 nitrogen and oxygen atoms in total. The van der Waals surface area contributed by atoms with Gasteiger partial charge in [-0.3, -0.25) is 4.90 Å². The van der Waals surface area contributed by atoms with Gasteiger partial charge in [-0.15, -0.1) is 0 Å². The van der Waals surface area contributed by atoms with Crippen LogP contribution in [-0.4, -0.2) is 44.9 Å². The average Bonchev–Trinajstić information content (AvgIpc) is 3.07. The van der Waals surface area contributed by atoms with E-state index >= 15 is 0 Å². The number of pyridine rings is 1. The van der Waals surface area contributed by atoms with Gasteiger partial charge in [0.25, 0.3) is 0 Å². The first-order chi connectivity index (χ1) is 22.3. The lowest BCUT2D eigenvalue weighted by Gasteiger charge is -2.35. The zero-order valence-electron chi connectivity index (χ0n) is 26.7. The van der Waals surface area contributed by atoms with E-state index in [2.05, 4.69) is 24.1 Å². The summed E-state index contributed by atoms with van der Waals surface area (Å²) in [6.07, 6.45) is 5.41. The highest BCUT2D eigenvalue weighted by Crippen LogP contribution is 2.46. The lowest BCUT2D eigenvalue weighted by Crippen LogP contribution is -2.33. The molecule has 9 heteroatoms. The number of ether oxygens (including phenoxy) is 5. The molecule has 4 aromatic carbocycles. The standard InChI is InChI=1S/C37H38N2O7/c1-38-14-12-26-19-35(44-5)36(41)37(29(26)21-38)46-34-20-28-25(18-32(34)43-4)13-15-39(2)30(28)16-23-6-9-27(10-7-23)45-33-17-24(22-40)8-11-31(33)42-3/h6-12,14,17-21,30,40H,13,15-16,22H2,1-5H3/t30-/m0/s1. The van der Waals surface area contributed by atoms with Gasteiger partial charge in [0.15, 0.2) is 35.4 Å². The first-order valence-electron chi connectivity index (χ1n) is 15.1. The van der Waals surface area contributed by atoms with Gasteiger partial charge in [0, 0.05) is 24.0 Å². The molecule has 0 aliphatic carbocycles. The SMILES string of the molecule is COc1ccc(CO)cc1Oc1ccc(C[C@H]2c3cc(Oc4c([O-])c(OC)cc5cc[n+](C)cc45)c(OC)cc3CCN2C)cc1. The van der Waals surface area contributed by atoms with Gasteiger partial charge in [0.05, 0.1) is 33.3 Å². The van der Waals surface area contributed by atoms with Gasteiger partial charge in [0.2, 0.25) is 0 Å². The predicted molar refractivity (Wildman–Crippen MR) is 172 cm³/mol. The molecule has 5 aromatic rings. The van der Waals surface area contributed by atoms with Gasteiger partial charge in [-0.05, 0) is 90.4 Å². The fraction of sp³-hybridized carbons (Fsp3) is 0.270. The number of hydrogen-bond donors (Lipinski definition) is 1. The molecule has 1 atom stereocenters. The van der Waals surface area contributed by atoms with Crippen LogP contribution in [-0.2, 0) is 26.5 Å². The number of aliphatic hydroxyl groups is 1. The lowest BCUT2D eigenvalue weighted by atomic mass is 9.88. The smallest absolute Gasteiger partial charge is 0.180 e. The molecule has 0 unspecified atom stereocenters. The van der Waals surface area contributed by atoms with Crippen LogP contribution in [0.25, 0.3) is 10.8 Å². The monoisotopic (exact) mass is 622 g/mol. The quantitative estimate of drug-likeness (QED) is 0.201.